The Morgan fingerprint density at radius 2 is 1.33 bits per heavy atom. The molecule has 12 heavy (non-hydrogen) atoms. The molecule has 1 heteroatoms. The molecule has 1 nitrogen and oxygen atoms in total. The van der Waals surface area contributed by atoms with E-state index in [0.29, 0.717) is 0 Å². The second kappa shape index (κ2) is 3.37. The summed E-state index contributed by atoms with van der Waals surface area (Å²) in [5.41, 5.74) is 4.18. The second-order valence-electron chi connectivity index (χ2n) is 5.15. The van der Waals surface area contributed by atoms with Gasteiger partial charge in [0, 0.05) is 0 Å². The van der Waals surface area contributed by atoms with Crippen LogP contribution in [0.1, 0.15) is 41.5 Å². The average molecular weight is 168 g/mol. The van der Waals surface area contributed by atoms with Crippen molar-refractivity contribution in [2.75, 3.05) is 0 Å². The quantitative estimate of drug-likeness (QED) is 0.432. The van der Waals surface area contributed by atoms with Crippen LogP contribution in [0.15, 0.2) is 17.6 Å². The average Bonchev–Trinajstić information content (AvgIpc) is 1.77. The minimum absolute atomic E-state index is 0.0669. The summed E-state index contributed by atoms with van der Waals surface area (Å²) in [7, 11) is 0. The molecule has 0 heterocycles. The minimum Gasteiger partial charge on any atom is -0.507 e. The summed E-state index contributed by atoms with van der Waals surface area (Å²) in [5.74, 6) is 0. The van der Waals surface area contributed by atoms with Crippen LogP contribution < -0.4 is 0 Å². The normalized spacial score (nSPS) is 12.2. The van der Waals surface area contributed by atoms with E-state index in [4.69, 9.17) is 5.11 Å². The summed E-state index contributed by atoms with van der Waals surface area (Å²) < 4.78 is 0. The maximum atomic E-state index is 8.71. The van der Waals surface area contributed by atoms with Gasteiger partial charge in [-0.1, -0.05) is 47.3 Å². The van der Waals surface area contributed by atoms with Gasteiger partial charge in [-0.05, 0) is 16.4 Å². The number of aliphatic hydroxyl groups is 1. The number of aliphatic hydroxyl groups excluding tert-OH is 1. The Labute approximate surface area is 75.8 Å². The lowest BCUT2D eigenvalue weighted by atomic mass is 9.72. The fourth-order valence-corrected chi connectivity index (χ4v) is 1.62. The maximum absolute atomic E-state index is 8.71. The van der Waals surface area contributed by atoms with Crippen molar-refractivity contribution in [2.24, 2.45) is 10.8 Å². The van der Waals surface area contributed by atoms with Crippen LogP contribution in [0.3, 0.4) is 0 Å². The maximum Gasteiger partial charge on any atom is 0.121 e. The van der Waals surface area contributed by atoms with Crippen molar-refractivity contribution < 1.29 is 5.11 Å². The third-order valence-electron chi connectivity index (χ3n) is 1.71. The summed E-state index contributed by atoms with van der Waals surface area (Å²) in [6.07, 6.45) is 1.01. The van der Waals surface area contributed by atoms with Crippen molar-refractivity contribution in [3.8, 4) is 0 Å². The van der Waals surface area contributed by atoms with Crippen LogP contribution in [0, 0.1) is 10.8 Å². The summed E-state index contributed by atoms with van der Waals surface area (Å²) in [5, 5.41) is 8.71. The molecular weight excluding hydrogens is 148 g/mol. The highest BCUT2D eigenvalue weighted by atomic mass is 16.2. The standard InChI is InChI=1S/C11H20O/c1-10(2,3)9(7-8-12)11(4,5)6/h8,12H,1-6H3. The summed E-state index contributed by atoms with van der Waals surface area (Å²) in [6.45, 7) is 12.8. The molecule has 0 unspecified atom stereocenters. The van der Waals surface area contributed by atoms with E-state index in [1.54, 1.807) is 0 Å². The minimum atomic E-state index is 0.0669. The van der Waals surface area contributed by atoms with Gasteiger partial charge in [-0.15, -0.1) is 0 Å². The highest BCUT2D eigenvalue weighted by molar-refractivity contribution is 5.16. The Morgan fingerprint density at radius 1 is 1.00 bits per heavy atom. The van der Waals surface area contributed by atoms with E-state index in [9.17, 15) is 0 Å². The molecule has 0 aliphatic heterocycles. The molecule has 0 aromatic carbocycles. The Morgan fingerprint density at radius 3 is 1.42 bits per heavy atom. The highest BCUT2D eigenvalue weighted by Gasteiger charge is 2.27. The molecule has 0 saturated carbocycles. The summed E-state index contributed by atoms with van der Waals surface area (Å²) in [6, 6.07) is 0. The lowest BCUT2D eigenvalue weighted by molar-refractivity contribution is 0.361. The Hall–Kier alpha value is -0.680. The van der Waals surface area contributed by atoms with Gasteiger partial charge < -0.3 is 5.11 Å². The van der Waals surface area contributed by atoms with Crippen molar-refractivity contribution in [1.29, 1.82) is 0 Å². The first kappa shape index (κ1) is 11.3. The smallest absolute Gasteiger partial charge is 0.121 e. The van der Waals surface area contributed by atoms with Gasteiger partial charge in [-0.25, -0.2) is 0 Å². The molecular formula is C11H20O. The van der Waals surface area contributed by atoms with Gasteiger partial charge in [0.15, 0.2) is 0 Å². The highest BCUT2D eigenvalue weighted by Crippen LogP contribution is 2.38. The van der Waals surface area contributed by atoms with Gasteiger partial charge in [0.05, 0.1) is 0 Å². The fraction of sp³-hybridized carbons (Fsp3) is 0.727. The third-order valence-corrected chi connectivity index (χ3v) is 1.71. The van der Waals surface area contributed by atoms with Crippen LogP contribution in [0.2, 0.25) is 0 Å². The molecule has 70 valence electrons. The van der Waals surface area contributed by atoms with Gasteiger partial charge in [0.1, 0.15) is 6.26 Å². The number of hydrogen-bond donors (Lipinski definition) is 1. The molecule has 0 radical (unpaired) electrons. The molecule has 0 fully saturated rings. The van der Waals surface area contributed by atoms with Crippen molar-refractivity contribution in [2.45, 2.75) is 41.5 Å². The molecule has 0 spiro atoms. The van der Waals surface area contributed by atoms with Gasteiger partial charge in [0.2, 0.25) is 0 Å². The van der Waals surface area contributed by atoms with E-state index in [2.05, 4.69) is 47.3 Å². The van der Waals surface area contributed by atoms with Gasteiger partial charge >= 0.3 is 0 Å². The number of rotatable bonds is 0. The summed E-state index contributed by atoms with van der Waals surface area (Å²) >= 11 is 0. The summed E-state index contributed by atoms with van der Waals surface area (Å²) in [4.78, 5) is 0. The molecule has 1 N–H and O–H groups in total. The first-order chi connectivity index (χ1) is 5.19. The molecule has 0 aromatic rings. The monoisotopic (exact) mass is 168 g/mol. The van der Waals surface area contributed by atoms with Crippen molar-refractivity contribution in [3.63, 3.8) is 0 Å². The molecule has 0 amide bonds. The number of hydrogen-bond acceptors (Lipinski definition) is 1. The van der Waals surface area contributed by atoms with Crippen LogP contribution >= 0.6 is 0 Å². The van der Waals surface area contributed by atoms with Crippen LogP contribution in [0.25, 0.3) is 0 Å². The van der Waals surface area contributed by atoms with E-state index in [-0.39, 0.29) is 10.8 Å². The van der Waals surface area contributed by atoms with Crippen molar-refractivity contribution in [3.05, 3.63) is 17.6 Å². The van der Waals surface area contributed by atoms with E-state index in [0.717, 1.165) is 11.8 Å². The van der Waals surface area contributed by atoms with Gasteiger partial charge in [-0.2, -0.15) is 0 Å². The lowest BCUT2D eigenvalue weighted by Gasteiger charge is -2.31. The molecule has 0 aromatic heterocycles. The molecule has 0 rings (SSSR count). The van der Waals surface area contributed by atoms with E-state index >= 15 is 0 Å². The molecule has 0 bridgehead atoms. The van der Waals surface area contributed by atoms with Crippen molar-refractivity contribution in [1.82, 2.24) is 0 Å². The first-order valence-electron chi connectivity index (χ1n) is 4.30. The zero-order valence-corrected chi connectivity index (χ0v) is 9.02. The lowest BCUT2D eigenvalue weighted by Crippen LogP contribution is -2.21. The molecule has 0 aliphatic rings. The molecule has 0 saturated heterocycles. The van der Waals surface area contributed by atoms with Crippen LogP contribution in [0.4, 0.5) is 0 Å². The Balaban J connectivity index is 5.12. The zero-order valence-electron chi connectivity index (χ0n) is 9.02. The Kier molecular flexibility index (Phi) is 3.17. The number of allylic oxidation sites excluding steroid dienone is 1. The van der Waals surface area contributed by atoms with Crippen molar-refractivity contribution >= 4 is 0 Å². The Bertz CT molecular complexity index is 188. The van der Waals surface area contributed by atoms with Crippen LogP contribution in [-0.4, -0.2) is 5.11 Å². The van der Waals surface area contributed by atoms with Crippen LogP contribution in [0.5, 0.6) is 0 Å². The van der Waals surface area contributed by atoms with Gasteiger partial charge in [0.25, 0.3) is 0 Å². The fourth-order valence-electron chi connectivity index (χ4n) is 1.62. The molecule has 0 aliphatic carbocycles. The van der Waals surface area contributed by atoms with E-state index in [1.165, 1.54) is 0 Å². The zero-order chi connectivity index (χ0) is 9.99. The SMILES string of the molecule is CC(C)(C)C(=C=CO)C(C)(C)C. The van der Waals surface area contributed by atoms with E-state index in [1.807, 2.05) is 0 Å². The second-order valence-corrected chi connectivity index (χ2v) is 5.15. The first-order valence-corrected chi connectivity index (χ1v) is 4.30. The largest absolute Gasteiger partial charge is 0.507 e. The predicted octanol–water partition coefficient (Wildman–Crippen LogP) is 3.68. The van der Waals surface area contributed by atoms with Crippen LogP contribution in [-0.2, 0) is 0 Å². The predicted molar refractivity (Wildman–Crippen MR) is 53.1 cm³/mol. The molecule has 0 atom stereocenters. The van der Waals surface area contributed by atoms with E-state index < -0.39 is 0 Å². The van der Waals surface area contributed by atoms with Gasteiger partial charge in [-0.3, -0.25) is 0 Å². The third kappa shape index (κ3) is 3.15. The topological polar surface area (TPSA) is 20.2 Å².